The topological polar surface area (TPSA) is 122 Å². The van der Waals surface area contributed by atoms with Crippen molar-refractivity contribution in [2.45, 2.75) is 71.9 Å². The molecular weight excluding hydrogens is 408 g/mol. The zero-order valence-corrected chi connectivity index (χ0v) is 19.4. The van der Waals surface area contributed by atoms with Crippen molar-refractivity contribution in [2.24, 2.45) is 17.8 Å². The summed E-state index contributed by atoms with van der Waals surface area (Å²) in [5.74, 6) is 1.12. The van der Waals surface area contributed by atoms with Crippen molar-refractivity contribution in [1.82, 2.24) is 25.5 Å². The standard InChI is InChI=1S/C23H32N6O3/c1-12-18(13(2)29-28-12)16-10-25-17(11-24-16)26-21(30)20(27-22(31)32-23(3,4)5)19(14-6-7-14)15-8-9-15/h10-11,14-15,19-20H,6-9H2,1-5H3,(H,27,31)(H,28,29)(H,25,26,30)/t20-/m0/s1. The third-order valence-electron chi connectivity index (χ3n) is 5.96. The number of aromatic nitrogens is 4. The van der Waals surface area contributed by atoms with E-state index in [0.717, 1.165) is 42.6 Å². The van der Waals surface area contributed by atoms with Crippen LogP contribution in [0, 0.1) is 31.6 Å². The number of nitrogens with one attached hydrogen (secondary N) is 3. The Balaban J connectivity index is 1.50. The molecule has 9 nitrogen and oxygen atoms in total. The summed E-state index contributed by atoms with van der Waals surface area (Å²) in [6.45, 7) is 9.25. The van der Waals surface area contributed by atoms with Gasteiger partial charge in [0.1, 0.15) is 11.6 Å². The number of hydrogen-bond acceptors (Lipinski definition) is 6. The Labute approximate surface area is 188 Å². The van der Waals surface area contributed by atoms with Crippen LogP contribution in [0.4, 0.5) is 10.6 Å². The van der Waals surface area contributed by atoms with E-state index in [1.807, 2.05) is 34.6 Å². The van der Waals surface area contributed by atoms with Crippen LogP contribution in [0.1, 0.15) is 57.8 Å². The first-order valence-electron chi connectivity index (χ1n) is 11.3. The number of ether oxygens (including phenoxy) is 1. The predicted molar refractivity (Wildman–Crippen MR) is 120 cm³/mol. The number of anilines is 1. The van der Waals surface area contributed by atoms with Gasteiger partial charge in [0.25, 0.3) is 0 Å². The molecule has 0 bridgehead atoms. The van der Waals surface area contributed by atoms with E-state index in [-0.39, 0.29) is 11.8 Å². The molecule has 9 heteroatoms. The molecule has 2 aromatic rings. The number of aromatic amines is 1. The lowest BCUT2D eigenvalue weighted by molar-refractivity contribution is -0.120. The van der Waals surface area contributed by atoms with E-state index in [0.29, 0.717) is 23.3 Å². The molecule has 2 fully saturated rings. The van der Waals surface area contributed by atoms with E-state index in [1.54, 1.807) is 6.20 Å². The second-order valence-corrected chi connectivity index (χ2v) is 9.96. The number of H-pyrrole nitrogens is 1. The molecule has 3 N–H and O–H groups in total. The van der Waals surface area contributed by atoms with Crippen LogP contribution < -0.4 is 10.6 Å². The number of amides is 2. The van der Waals surface area contributed by atoms with Gasteiger partial charge in [-0.1, -0.05) is 0 Å². The highest BCUT2D eigenvalue weighted by atomic mass is 16.6. The Hall–Kier alpha value is -2.97. The quantitative estimate of drug-likeness (QED) is 0.603. The molecular formula is C23H32N6O3. The molecule has 2 aliphatic rings. The lowest BCUT2D eigenvalue weighted by Gasteiger charge is -2.28. The summed E-state index contributed by atoms with van der Waals surface area (Å²) in [4.78, 5) is 34.6. The summed E-state index contributed by atoms with van der Waals surface area (Å²) >= 11 is 0. The molecule has 32 heavy (non-hydrogen) atoms. The first-order chi connectivity index (χ1) is 15.1. The van der Waals surface area contributed by atoms with Crippen LogP contribution in [0.15, 0.2) is 12.4 Å². The Morgan fingerprint density at radius 3 is 2.22 bits per heavy atom. The smallest absolute Gasteiger partial charge is 0.408 e. The largest absolute Gasteiger partial charge is 0.444 e. The summed E-state index contributed by atoms with van der Waals surface area (Å²) in [5.41, 5.74) is 2.70. The van der Waals surface area contributed by atoms with Crippen molar-refractivity contribution in [3.63, 3.8) is 0 Å². The molecule has 0 aliphatic heterocycles. The normalized spacial score (nSPS) is 17.2. The maximum Gasteiger partial charge on any atom is 0.408 e. The number of alkyl carbamates (subject to hydrolysis) is 1. The van der Waals surface area contributed by atoms with Crippen LogP contribution in [-0.4, -0.2) is 43.8 Å². The van der Waals surface area contributed by atoms with Crippen molar-refractivity contribution in [2.75, 3.05) is 5.32 Å². The molecule has 172 valence electrons. The van der Waals surface area contributed by atoms with E-state index in [2.05, 4.69) is 30.8 Å². The van der Waals surface area contributed by atoms with E-state index in [4.69, 9.17) is 4.74 Å². The van der Waals surface area contributed by atoms with Crippen molar-refractivity contribution >= 4 is 17.8 Å². The summed E-state index contributed by atoms with van der Waals surface area (Å²) < 4.78 is 5.43. The molecule has 2 aliphatic carbocycles. The maximum atomic E-state index is 13.3. The molecule has 0 spiro atoms. The third-order valence-corrected chi connectivity index (χ3v) is 5.96. The first kappa shape index (κ1) is 22.2. The lowest BCUT2D eigenvalue weighted by atomic mass is 9.89. The molecule has 0 unspecified atom stereocenters. The molecule has 2 aromatic heterocycles. The fourth-order valence-electron chi connectivity index (χ4n) is 4.32. The Morgan fingerprint density at radius 2 is 1.75 bits per heavy atom. The Kier molecular flexibility index (Phi) is 5.92. The van der Waals surface area contributed by atoms with Gasteiger partial charge in [0, 0.05) is 11.3 Å². The minimum absolute atomic E-state index is 0.117. The summed E-state index contributed by atoms with van der Waals surface area (Å²) in [6, 6.07) is -0.662. The van der Waals surface area contributed by atoms with Gasteiger partial charge in [-0.2, -0.15) is 5.10 Å². The number of nitrogens with zero attached hydrogens (tertiary/aromatic N) is 3. The van der Waals surface area contributed by atoms with Crippen LogP contribution in [-0.2, 0) is 9.53 Å². The van der Waals surface area contributed by atoms with E-state index >= 15 is 0 Å². The van der Waals surface area contributed by atoms with E-state index < -0.39 is 17.7 Å². The number of hydrogen-bond donors (Lipinski definition) is 3. The zero-order valence-electron chi connectivity index (χ0n) is 19.4. The van der Waals surface area contributed by atoms with Gasteiger partial charge in [-0.15, -0.1) is 0 Å². The minimum Gasteiger partial charge on any atom is -0.444 e. The highest BCUT2D eigenvalue weighted by molar-refractivity contribution is 5.96. The molecule has 2 saturated carbocycles. The summed E-state index contributed by atoms with van der Waals surface area (Å²) in [6.07, 6.45) is 6.97. The van der Waals surface area contributed by atoms with Crippen molar-refractivity contribution in [3.05, 3.63) is 23.8 Å². The lowest BCUT2D eigenvalue weighted by Crippen LogP contribution is -2.51. The van der Waals surface area contributed by atoms with Gasteiger partial charge >= 0.3 is 6.09 Å². The van der Waals surface area contributed by atoms with Crippen molar-refractivity contribution in [3.8, 4) is 11.3 Å². The zero-order chi connectivity index (χ0) is 23.0. The highest BCUT2D eigenvalue weighted by Crippen LogP contribution is 2.50. The van der Waals surface area contributed by atoms with Gasteiger partial charge in [0.2, 0.25) is 5.91 Å². The van der Waals surface area contributed by atoms with Gasteiger partial charge < -0.3 is 15.4 Å². The Bertz CT molecular complexity index is 955. The highest BCUT2D eigenvalue weighted by Gasteiger charge is 2.48. The second kappa shape index (κ2) is 8.52. The number of carbonyl (C=O) groups excluding carboxylic acids is 2. The fourth-order valence-corrected chi connectivity index (χ4v) is 4.32. The number of rotatable bonds is 7. The average Bonchev–Trinajstić information content (AvgIpc) is 3.62. The Morgan fingerprint density at radius 1 is 1.09 bits per heavy atom. The second-order valence-electron chi connectivity index (χ2n) is 9.96. The number of carbonyl (C=O) groups is 2. The van der Waals surface area contributed by atoms with Crippen LogP contribution in [0.2, 0.25) is 0 Å². The number of aryl methyl sites for hydroxylation is 2. The van der Waals surface area contributed by atoms with Gasteiger partial charge in [-0.3, -0.25) is 14.9 Å². The van der Waals surface area contributed by atoms with Crippen LogP contribution >= 0.6 is 0 Å². The average molecular weight is 441 g/mol. The van der Waals surface area contributed by atoms with Crippen LogP contribution in [0.3, 0.4) is 0 Å². The van der Waals surface area contributed by atoms with Crippen molar-refractivity contribution < 1.29 is 14.3 Å². The van der Waals surface area contributed by atoms with Gasteiger partial charge in [-0.25, -0.2) is 9.78 Å². The van der Waals surface area contributed by atoms with Gasteiger partial charge in [0.05, 0.1) is 23.8 Å². The summed E-state index contributed by atoms with van der Waals surface area (Å²) in [7, 11) is 0. The molecule has 0 aromatic carbocycles. The van der Waals surface area contributed by atoms with Crippen LogP contribution in [0.25, 0.3) is 11.3 Å². The monoisotopic (exact) mass is 440 g/mol. The molecule has 4 rings (SSSR count). The molecule has 0 radical (unpaired) electrons. The molecule has 2 heterocycles. The molecule has 2 amide bonds. The van der Waals surface area contributed by atoms with Gasteiger partial charge in [0.15, 0.2) is 5.82 Å². The molecule has 1 atom stereocenters. The maximum absolute atomic E-state index is 13.3. The SMILES string of the molecule is Cc1n[nH]c(C)c1-c1cnc(NC(=O)[C@@H](NC(=O)OC(C)(C)C)C(C2CC2)C2CC2)cn1. The third kappa shape index (κ3) is 5.26. The van der Waals surface area contributed by atoms with E-state index in [1.165, 1.54) is 6.20 Å². The van der Waals surface area contributed by atoms with E-state index in [9.17, 15) is 9.59 Å². The van der Waals surface area contributed by atoms with Crippen molar-refractivity contribution in [1.29, 1.82) is 0 Å². The fraction of sp³-hybridized carbons (Fsp3) is 0.609. The first-order valence-corrected chi connectivity index (χ1v) is 11.3. The minimum atomic E-state index is -0.662. The van der Waals surface area contributed by atoms with Crippen LogP contribution in [0.5, 0.6) is 0 Å². The summed E-state index contributed by atoms with van der Waals surface area (Å²) in [5, 5.41) is 12.8. The van der Waals surface area contributed by atoms with Gasteiger partial charge in [-0.05, 0) is 78.1 Å². The predicted octanol–water partition coefficient (Wildman–Crippen LogP) is 3.75. The molecule has 0 saturated heterocycles.